The Kier molecular flexibility index (Phi) is 4.59. The molecular weight excluding hydrogens is 292 g/mol. The van der Waals surface area contributed by atoms with Gasteiger partial charge in [0.25, 0.3) is 0 Å². The van der Waals surface area contributed by atoms with Gasteiger partial charge in [-0.3, -0.25) is 0 Å². The first-order valence-electron chi connectivity index (χ1n) is 6.83. The number of nitrogens with zero attached hydrogens (tertiary/aromatic N) is 1. The minimum absolute atomic E-state index is 0.118. The topological polar surface area (TPSA) is 130 Å². The van der Waals surface area contributed by atoms with Crippen LogP contribution in [0.25, 0.3) is 0 Å². The summed E-state index contributed by atoms with van der Waals surface area (Å²) in [6, 6.07) is -1.72. The SMILES string of the molecule is O=C(O)C1=C/C(=C\C=[N+]2CCC[C@@H]2C(=O)[O-])C[C@@H](C(=O)O)N1. The fourth-order valence-electron chi connectivity index (χ4n) is 2.56. The maximum absolute atomic E-state index is 11.1. The molecule has 0 aromatic heterocycles. The van der Waals surface area contributed by atoms with Gasteiger partial charge in [-0.15, -0.1) is 0 Å². The minimum atomic E-state index is -1.24. The van der Waals surface area contributed by atoms with E-state index in [0.29, 0.717) is 18.5 Å². The van der Waals surface area contributed by atoms with Crippen molar-refractivity contribution in [3.05, 3.63) is 23.4 Å². The molecule has 0 saturated carbocycles. The Morgan fingerprint density at radius 3 is 2.68 bits per heavy atom. The fourth-order valence-corrected chi connectivity index (χ4v) is 2.56. The third-order valence-corrected chi connectivity index (χ3v) is 3.67. The van der Waals surface area contributed by atoms with Gasteiger partial charge in [-0.2, -0.15) is 0 Å². The van der Waals surface area contributed by atoms with E-state index in [-0.39, 0.29) is 12.1 Å². The summed E-state index contributed by atoms with van der Waals surface area (Å²) in [6.07, 6.45) is 5.81. The molecule has 2 heterocycles. The Morgan fingerprint density at radius 2 is 2.09 bits per heavy atom. The lowest BCUT2D eigenvalue weighted by Gasteiger charge is -2.21. The Bertz CT molecular complexity index is 604. The molecule has 22 heavy (non-hydrogen) atoms. The summed E-state index contributed by atoms with van der Waals surface area (Å²) in [5.41, 5.74) is 0.309. The molecule has 8 nitrogen and oxygen atoms in total. The van der Waals surface area contributed by atoms with Gasteiger partial charge in [0.15, 0.2) is 12.3 Å². The average Bonchev–Trinajstić information content (AvgIpc) is 2.93. The van der Waals surface area contributed by atoms with Crippen LogP contribution in [0.1, 0.15) is 19.3 Å². The maximum Gasteiger partial charge on any atom is 0.351 e. The van der Waals surface area contributed by atoms with Crippen molar-refractivity contribution in [2.45, 2.75) is 31.3 Å². The molecule has 0 amide bonds. The molecule has 2 aliphatic heterocycles. The molecule has 118 valence electrons. The van der Waals surface area contributed by atoms with E-state index >= 15 is 0 Å². The number of hydrogen-bond acceptors (Lipinski definition) is 5. The summed E-state index contributed by atoms with van der Waals surface area (Å²) in [6.45, 7) is 0.568. The predicted octanol–water partition coefficient (Wildman–Crippen LogP) is -1.68. The lowest BCUT2D eigenvalue weighted by molar-refractivity contribution is -0.538. The Balaban J connectivity index is 2.25. The summed E-state index contributed by atoms with van der Waals surface area (Å²) in [7, 11) is 0. The van der Waals surface area contributed by atoms with E-state index in [4.69, 9.17) is 10.2 Å². The highest BCUT2D eigenvalue weighted by molar-refractivity contribution is 5.89. The van der Waals surface area contributed by atoms with Crippen LogP contribution in [0.3, 0.4) is 0 Å². The number of carbonyl (C=O) groups excluding carboxylic acids is 1. The first-order chi connectivity index (χ1) is 10.4. The number of allylic oxidation sites excluding steroid dienone is 2. The zero-order valence-corrected chi connectivity index (χ0v) is 11.7. The fraction of sp³-hybridized carbons (Fsp3) is 0.429. The second kappa shape index (κ2) is 6.42. The van der Waals surface area contributed by atoms with Gasteiger partial charge in [-0.25, -0.2) is 14.2 Å². The summed E-state index contributed by atoms with van der Waals surface area (Å²) in [5.74, 6) is -3.54. The number of carboxylic acids is 3. The molecular formula is C14H16N2O6. The summed E-state index contributed by atoms with van der Waals surface area (Å²) < 4.78 is 1.61. The van der Waals surface area contributed by atoms with E-state index in [1.54, 1.807) is 16.9 Å². The number of hydrogen-bond donors (Lipinski definition) is 3. The van der Waals surface area contributed by atoms with Crippen molar-refractivity contribution in [3.63, 3.8) is 0 Å². The zero-order chi connectivity index (χ0) is 16.3. The van der Waals surface area contributed by atoms with Gasteiger partial charge < -0.3 is 25.4 Å². The molecule has 1 fully saturated rings. The number of rotatable bonds is 4. The van der Waals surface area contributed by atoms with E-state index in [9.17, 15) is 19.5 Å². The third-order valence-electron chi connectivity index (χ3n) is 3.67. The van der Waals surface area contributed by atoms with Crippen LogP contribution in [0.4, 0.5) is 0 Å². The highest BCUT2D eigenvalue weighted by atomic mass is 16.4. The number of nitrogens with one attached hydrogen (secondary N) is 1. The van der Waals surface area contributed by atoms with Crippen molar-refractivity contribution in [2.75, 3.05) is 6.54 Å². The molecule has 0 spiro atoms. The van der Waals surface area contributed by atoms with E-state index in [2.05, 4.69) is 5.32 Å². The quantitative estimate of drug-likeness (QED) is 0.529. The van der Waals surface area contributed by atoms with Gasteiger partial charge in [0.1, 0.15) is 24.3 Å². The van der Waals surface area contributed by atoms with Gasteiger partial charge >= 0.3 is 11.9 Å². The Labute approximate surface area is 126 Å². The van der Waals surface area contributed by atoms with Crippen LogP contribution < -0.4 is 10.4 Å². The molecule has 2 rings (SSSR count). The summed E-state index contributed by atoms with van der Waals surface area (Å²) >= 11 is 0. The van der Waals surface area contributed by atoms with Crippen molar-refractivity contribution in [1.29, 1.82) is 0 Å². The second-order valence-electron chi connectivity index (χ2n) is 5.21. The highest BCUT2D eigenvalue weighted by Crippen LogP contribution is 2.17. The highest BCUT2D eigenvalue weighted by Gasteiger charge is 2.29. The van der Waals surface area contributed by atoms with Crippen molar-refractivity contribution in [2.24, 2.45) is 0 Å². The molecule has 1 saturated heterocycles. The van der Waals surface area contributed by atoms with Crippen molar-refractivity contribution in [3.8, 4) is 0 Å². The molecule has 8 heteroatoms. The van der Waals surface area contributed by atoms with Crippen molar-refractivity contribution >= 4 is 24.1 Å². The molecule has 0 unspecified atom stereocenters. The Hall–Kier alpha value is -2.64. The van der Waals surface area contributed by atoms with Crippen LogP contribution in [-0.4, -0.2) is 57.5 Å². The molecule has 3 N–H and O–H groups in total. The van der Waals surface area contributed by atoms with Gasteiger partial charge in [0, 0.05) is 25.3 Å². The van der Waals surface area contributed by atoms with Crippen molar-refractivity contribution in [1.82, 2.24) is 5.32 Å². The average molecular weight is 308 g/mol. The van der Waals surface area contributed by atoms with E-state index in [1.165, 1.54) is 6.08 Å². The predicted molar refractivity (Wildman–Crippen MR) is 72.2 cm³/mol. The standard InChI is InChI=1S/C14H16N2O6/c17-12(18)9-6-8(7-10(15-9)13(19)20)3-5-16-4-1-2-11(16)14(21)22/h3,5-6,10-11H,1-2,4,7H2,(H3,17,18,19,20,21,22)/t10-,11+/m0/s1. The Morgan fingerprint density at radius 1 is 1.36 bits per heavy atom. The maximum atomic E-state index is 11.1. The summed E-state index contributed by atoms with van der Waals surface area (Å²) in [4.78, 5) is 33.0. The smallest absolute Gasteiger partial charge is 0.351 e. The molecule has 0 aliphatic carbocycles. The lowest BCUT2D eigenvalue weighted by Crippen LogP contribution is -2.41. The largest absolute Gasteiger partial charge is 0.543 e. The molecule has 0 aromatic rings. The van der Waals surface area contributed by atoms with Crippen LogP contribution in [0.15, 0.2) is 23.4 Å². The van der Waals surface area contributed by atoms with Crippen molar-refractivity contribution < 1.29 is 34.3 Å². The van der Waals surface area contributed by atoms with Gasteiger partial charge in [0.2, 0.25) is 0 Å². The first-order valence-corrected chi connectivity index (χ1v) is 6.83. The molecule has 0 radical (unpaired) electrons. The number of carboxylic acid groups (broad SMARTS) is 3. The molecule has 2 aliphatic rings. The van der Waals surface area contributed by atoms with Crippen LogP contribution in [0, 0.1) is 0 Å². The van der Waals surface area contributed by atoms with Crippen LogP contribution >= 0.6 is 0 Å². The van der Waals surface area contributed by atoms with E-state index in [1.807, 2.05) is 0 Å². The van der Waals surface area contributed by atoms with E-state index < -0.39 is 30.0 Å². The van der Waals surface area contributed by atoms with Crippen LogP contribution in [0.2, 0.25) is 0 Å². The van der Waals surface area contributed by atoms with Gasteiger partial charge in [0.05, 0.1) is 0 Å². The van der Waals surface area contributed by atoms with Gasteiger partial charge in [-0.1, -0.05) is 0 Å². The number of aliphatic carboxylic acids is 3. The minimum Gasteiger partial charge on any atom is -0.543 e. The number of carbonyl (C=O) groups is 3. The third kappa shape index (κ3) is 3.51. The normalized spacial score (nSPS) is 28.3. The first kappa shape index (κ1) is 15.7. The molecule has 0 bridgehead atoms. The van der Waals surface area contributed by atoms with Crippen LogP contribution in [0.5, 0.6) is 0 Å². The monoisotopic (exact) mass is 308 g/mol. The lowest BCUT2D eigenvalue weighted by atomic mass is 10.00. The van der Waals surface area contributed by atoms with Gasteiger partial charge in [-0.05, 0) is 11.6 Å². The second-order valence-corrected chi connectivity index (χ2v) is 5.21. The van der Waals surface area contributed by atoms with Crippen LogP contribution in [-0.2, 0) is 14.4 Å². The zero-order valence-electron chi connectivity index (χ0n) is 11.7. The summed E-state index contributed by atoms with van der Waals surface area (Å²) in [5, 5.41) is 31.4. The van der Waals surface area contributed by atoms with E-state index in [0.717, 1.165) is 6.42 Å². The molecule has 0 aromatic carbocycles. The molecule has 2 atom stereocenters.